The van der Waals surface area contributed by atoms with Gasteiger partial charge in [-0.25, -0.2) is 14.4 Å². The maximum absolute atomic E-state index is 13.4. The largest absolute Gasteiger partial charge is 0.340 e. The Hall–Kier alpha value is -1.68. The molecule has 2 rings (SSSR count). The number of nitrogens with zero attached hydrogens (tertiary/aromatic N) is 2. The van der Waals surface area contributed by atoms with Gasteiger partial charge in [0.25, 0.3) is 0 Å². The molecule has 0 aliphatic carbocycles. The Labute approximate surface area is 123 Å². The molecule has 0 bridgehead atoms. The maximum Gasteiger partial charge on any atom is 0.138 e. The van der Waals surface area contributed by atoms with E-state index in [1.54, 1.807) is 0 Å². The van der Waals surface area contributed by atoms with Crippen LogP contribution in [0.25, 0.3) is 0 Å². The zero-order chi connectivity index (χ0) is 14.9. The standard InChI is InChI=1S/C15H17ClFN3/c1-8(2)14-19-13(16)10(4)15(20-14)18-12-6-9(3)5-11(17)7-12/h5-8H,1-4H3,(H,18,19,20). The summed E-state index contributed by atoms with van der Waals surface area (Å²) < 4.78 is 13.4. The zero-order valence-corrected chi connectivity index (χ0v) is 12.7. The molecule has 5 heteroatoms. The van der Waals surface area contributed by atoms with Crippen molar-refractivity contribution in [1.29, 1.82) is 0 Å². The van der Waals surface area contributed by atoms with Crippen LogP contribution in [0.5, 0.6) is 0 Å². The monoisotopic (exact) mass is 293 g/mol. The van der Waals surface area contributed by atoms with Gasteiger partial charge in [0, 0.05) is 17.2 Å². The van der Waals surface area contributed by atoms with Crippen molar-refractivity contribution in [2.24, 2.45) is 0 Å². The minimum atomic E-state index is -0.283. The molecule has 0 unspecified atom stereocenters. The van der Waals surface area contributed by atoms with E-state index in [0.29, 0.717) is 22.5 Å². The van der Waals surface area contributed by atoms with E-state index in [4.69, 9.17) is 11.6 Å². The molecule has 0 atom stereocenters. The fraction of sp³-hybridized carbons (Fsp3) is 0.333. The molecule has 106 valence electrons. The molecular formula is C15H17ClFN3. The van der Waals surface area contributed by atoms with E-state index in [2.05, 4.69) is 15.3 Å². The first-order valence-electron chi connectivity index (χ1n) is 6.45. The van der Waals surface area contributed by atoms with Crippen molar-refractivity contribution in [1.82, 2.24) is 9.97 Å². The van der Waals surface area contributed by atoms with E-state index < -0.39 is 0 Å². The van der Waals surface area contributed by atoms with Crippen molar-refractivity contribution in [3.8, 4) is 0 Å². The summed E-state index contributed by atoms with van der Waals surface area (Å²) in [7, 11) is 0. The second-order valence-corrected chi connectivity index (χ2v) is 5.50. The minimum absolute atomic E-state index is 0.169. The number of benzene rings is 1. The van der Waals surface area contributed by atoms with Gasteiger partial charge in [0.2, 0.25) is 0 Å². The van der Waals surface area contributed by atoms with Crippen LogP contribution in [-0.4, -0.2) is 9.97 Å². The average Bonchev–Trinajstić information content (AvgIpc) is 2.33. The van der Waals surface area contributed by atoms with E-state index >= 15 is 0 Å². The van der Waals surface area contributed by atoms with Gasteiger partial charge < -0.3 is 5.32 Å². The molecule has 0 aliphatic heterocycles. The molecule has 1 N–H and O–H groups in total. The molecule has 1 aromatic heterocycles. The van der Waals surface area contributed by atoms with Crippen LogP contribution >= 0.6 is 11.6 Å². The number of anilines is 2. The van der Waals surface area contributed by atoms with Gasteiger partial charge in [0.1, 0.15) is 22.6 Å². The van der Waals surface area contributed by atoms with Gasteiger partial charge in [-0.3, -0.25) is 0 Å². The van der Waals surface area contributed by atoms with E-state index in [9.17, 15) is 4.39 Å². The van der Waals surface area contributed by atoms with Gasteiger partial charge in [0.05, 0.1) is 0 Å². The van der Waals surface area contributed by atoms with Gasteiger partial charge in [0.15, 0.2) is 0 Å². The highest BCUT2D eigenvalue weighted by Gasteiger charge is 2.12. The van der Waals surface area contributed by atoms with Gasteiger partial charge in [-0.1, -0.05) is 25.4 Å². The fourth-order valence-corrected chi connectivity index (χ4v) is 2.01. The number of hydrogen-bond donors (Lipinski definition) is 1. The number of rotatable bonds is 3. The summed E-state index contributed by atoms with van der Waals surface area (Å²) in [4.78, 5) is 8.71. The molecule has 0 saturated heterocycles. The summed E-state index contributed by atoms with van der Waals surface area (Å²) in [5.41, 5.74) is 2.24. The molecular weight excluding hydrogens is 277 g/mol. The number of halogens is 2. The van der Waals surface area contributed by atoms with E-state index in [-0.39, 0.29) is 11.7 Å². The van der Waals surface area contributed by atoms with E-state index in [0.717, 1.165) is 11.1 Å². The third kappa shape index (κ3) is 3.25. The molecule has 3 nitrogen and oxygen atoms in total. The second-order valence-electron chi connectivity index (χ2n) is 5.14. The first-order valence-corrected chi connectivity index (χ1v) is 6.83. The van der Waals surface area contributed by atoms with Crippen LogP contribution in [0.4, 0.5) is 15.9 Å². The van der Waals surface area contributed by atoms with Crippen LogP contribution in [0.1, 0.15) is 36.7 Å². The van der Waals surface area contributed by atoms with Gasteiger partial charge in [-0.15, -0.1) is 0 Å². The Kier molecular flexibility index (Phi) is 4.23. The Morgan fingerprint density at radius 2 is 1.85 bits per heavy atom. The van der Waals surface area contributed by atoms with Crippen molar-refractivity contribution < 1.29 is 4.39 Å². The molecule has 2 aromatic rings. The lowest BCUT2D eigenvalue weighted by molar-refractivity contribution is 0.627. The van der Waals surface area contributed by atoms with Crippen LogP contribution in [0.2, 0.25) is 5.15 Å². The Bertz CT molecular complexity index is 621. The SMILES string of the molecule is Cc1cc(F)cc(Nc2nc(C(C)C)nc(Cl)c2C)c1. The number of hydrogen-bond acceptors (Lipinski definition) is 3. The Morgan fingerprint density at radius 3 is 2.45 bits per heavy atom. The van der Waals surface area contributed by atoms with Gasteiger partial charge in [-0.05, 0) is 37.6 Å². The second kappa shape index (κ2) is 5.75. The van der Waals surface area contributed by atoms with Crippen LogP contribution in [0.15, 0.2) is 18.2 Å². The summed E-state index contributed by atoms with van der Waals surface area (Å²) in [6.45, 7) is 7.67. The fourth-order valence-electron chi connectivity index (χ4n) is 1.83. The summed E-state index contributed by atoms with van der Waals surface area (Å²) in [5.74, 6) is 1.16. The minimum Gasteiger partial charge on any atom is -0.340 e. The lowest BCUT2D eigenvalue weighted by Gasteiger charge is -2.13. The molecule has 0 spiro atoms. The Balaban J connectivity index is 2.42. The topological polar surface area (TPSA) is 37.8 Å². The van der Waals surface area contributed by atoms with Gasteiger partial charge >= 0.3 is 0 Å². The Morgan fingerprint density at radius 1 is 1.15 bits per heavy atom. The summed E-state index contributed by atoms with van der Waals surface area (Å²) >= 11 is 6.13. The summed E-state index contributed by atoms with van der Waals surface area (Å²) in [6, 6.07) is 4.76. The van der Waals surface area contributed by atoms with Crippen LogP contribution in [-0.2, 0) is 0 Å². The molecule has 20 heavy (non-hydrogen) atoms. The first kappa shape index (κ1) is 14.7. The molecule has 0 radical (unpaired) electrons. The van der Waals surface area contributed by atoms with Crippen LogP contribution in [0, 0.1) is 19.7 Å². The first-order chi connectivity index (χ1) is 9.36. The van der Waals surface area contributed by atoms with Crippen molar-refractivity contribution in [3.05, 3.63) is 46.1 Å². The number of aryl methyl sites for hydroxylation is 1. The van der Waals surface area contributed by atoms with Crippen LogP contribution in [0.3, 0.4) is 0 Å². The molecule has 0 amide bonds. The summed E-state index contributed by atoms with van der Waals surface area (Å²) in [6.07, 6.45) is 0. The smallest absolute Gasteiger partial charge is 0.138 e. The van der Waals surface area contributed by atoms with Crippen molar-refractivity contribution in [3.63, 3.8) is 0 Å². The molecule has 1 heterocycles. The van der Waals surface area contributed by atoms with Gasteiger partial charge in [-0.2, -0.15) is 0 Å². The third-order valence-corrected chi connectivity index (χ3v) is 3.29. The van der Waals surface area contributed by atoms with Crippen LogP contribution < -0.4 is 5.32 Å². The zero-order valence-electron chi connectivity index (χ0n) is 12.0. The highest BCUT2D eigenvalue weighted by molar-refractivity contribution is 6.30. The summed E-state index contributed by atoms with van der Waals surface area (Å²) in [5, 5.41) is 3.53. The lowest BCUT2D eigenvalue weighted by Crippen LogP contribution is -2.05. The highest BCUT2D eigenvalue weighted by atomic mass is 35.5. The molecule has 0 aliphatic rings. The predicted octanol–water partition coefficient (Wildman–Crippen LogP) is 4.75. The predicted molar refractivity (Wildman–Crippen MR) is 80.3 cm³/mol. The quantitative estimate of drug-likeness (QED) is 0.830. The lowest BCUT2D eigenvalue weighted by atomic mass is 10.2. The maximum atomic E-state index is 13.4. The van der Waals surface area contributed by atoms with Crippen molar-refractivity contribution >= 4 is 23.1 Å². The number of nitrogens with one attached hydrogen (secondary N) is 1. The number of aromatic nitrogens is 2. The molecule has 0 fully saturated rings. The third-order valence-electron chi connectivity index (χ3n) is 2.92. The highest BCUT2D eigenvalue weighted by Crippen LogP contribution is 2.26. The molecule has 1 aromatic carbocycles. The normalized spacial score (nSPS) is 10.9. The molecule has 0 saturated carbocycles. The van der Waals surface area contributed by atoms with Crippen molar-refractivity contribution in [2.45, 2.75) is 33.6 Å². The van der Waals surface area contributed by atoms with E-state index in [1.165, 1.54) is 12.1 Å². The van der Waals surface area contributed by atoms with Crippen molar-refractivity contribution in [2.75, 3.05) is 5.32 Å². The van der Waals surface area contributed by atoms with E-state index in [1.807, 2.05) is 33.8 Å². The average molecular weight is 294 g/mol.